The molecule has 10 heteroatoms. The maximum atomic E-state index is 13.9. The Balaban J connectivity index is 1.58. The standard InChI is InChI=1S/C31H33Cl2N3O5/c1-3-15-31(30(38)36-34-16-14-21-6-4-7-25(19-21)39-2)28(26-13-10-23(32)20-27(26)33)41-29(35-31)22-8-11-24(12-9-22)40-18-5-17-37/h3-4,6-13,19-20,28,34,37H,1,5,14-18H2,2H3,(H,36,38)/t28-,31-/m0/s1. The number of carbonyl (C=O) groups excluding carboxylic acids is 1. The number of halogens is 2. The Morgan fingerprint density at radius 1 is 1.15 bits per heavy atom. The van der Waals surface area contributed by atoms with Gasteiger partial charge in [-0.1, -0.05) is 47.5 Å². The van der Waals surface area contributed by atoms with E-state index >= 15 is 0 Å². The average Bonchev–Trinajstić information content (AvgIpc) is 3.36. The number of nitrogens with one attached hydrogen (secondary N) is 2. The number of hydrogen-bond donors (Lipinski definition) is 3. The number of aliphatic imine (C=N–C) groups is 1. The van der Waals surface area contributed by atoms with Crippen LogP contribution >= 0.6 is 23.2 Å². The van der Waals surface area contributed by atoms with E-state index in [9.17, 15) is 4.79 Å². The van der Waals surface area contributed by atoms with Crippen LogP contribution in [0, 0.1) is 0 Å². The van der Waals surface area contributed by atoms with E-state index in [-0.39, 0.29) is 18.9 Å². The number of hydrazine groups is 1. The van der Waals surface area contributed by atoms with Gasteiger partial charge >= 0.3 is 0 Å². The van der Waals surface area contributed by atoms with Crippen LogP contribution in [0.3, 0.4) is 0 Å². The van der Waals surface area contributed by atoms with Crippen molar-refractivity contribution in [1.82, 2.24) is 10.9 Å². The van der Waals surface area contributed by atoms with Crippen molar-refractivity contribution in [3.8, 4) is 11.5 Å². The van der Waals surface area contributed by atoms with Gasteiger partial charge in [0.05, 0.1) is 13.7 Å². The quantitative estimate of drug-likeness (QED) is 0.130. The summed E-state index contributed by atoms with van der Waals surface area (Å²) in [5.41, 5.74) is 6.76. The number of hydrogen-bond acceptors (Lipinski definition) is 7. The van der Waals surface area contributed by atoms with Crippen LogP contribution in [-0.4, -0.2) is 49.3 Å². The number of carbonyl (C=O) groups is 1. The molecule has 0 saturated heterocycles. The minimum Gasteiger partial charge on any atom is -0.497 e. The summed E-state index contributed by atoms with van der Waals surface area (Å²) in [6.07, 6.45) is 2.18. The van der Waals surface area contributed by atoms with Crippen molar-refractivity contribution >= 4 is 35.0 Å². The normalized spacial score (nSPS) is 17.9. The second kappa shape index (κ2) is 14.4. The number of benzene rings is 3. The molecule has 0 radical (unpaired) electrons. The average molecular weight is 599 g/mol. The number of methoxy groups -OCH3 is 1. The van der Waals surface area contributed by atoms with Gasteiger partial charge in [-0.2, -0.15) is 0 Å². The van der Waals surface area contributed by atoms with Crippen LogP contribution in [-0.2, 0) is 16.0 Å². The molecule has 0 spiro atoms. The number of ether oxygens (including phenoxy) is 3. The van der Waals surface area contributed by atoms with Gasteiger partial charge in [-0.05, 0) is 60.5 Å². The van der Waals surface area contributed by atoms with Gasteiger partial charge in [0.2, 0.25) is 5.90 Å². The fourth-order valence-electron chi connectivity index (χ4n) is 4.51. The summed E-state index contributed by atoms with van der Waals surface area (Å²) in [6.45, 7) is 4.82. The summed E-state index contributed by atoms with van der Waals surface area (Å²) in [6, 6.07) is 20.0. The van der Waals surface area contributed by atoms with Crippen molar-refractivity contribution < 1.29 is 24.1 Å². The molecular weight excluding hydrogens is 565 g/mol. The van der Waals surface area contributed by atoms with Gasteiger partial charge in [0.15, 0.2) is 11.6 Å². The topological polar surface area (TPSA) is 101 Å². The SMILES string of the molecule is C=CC[C@]1(C(=O)NNCCc2cccc(OC)c2)N=C(c2ccc(OCCCO)cc2)O[C@H]1c1ccc(Cl)cc1Cl. The van der Waals surface area contributed by atoms with E-state index in [0.29, 0.717) is 52.9 Å². The summed E-state index contributed by atoms with van der Waals surface area (Å²) < 4.78 is 17.3. The molecule has 0 bridgehead atoms. The van der Waals surface area contributed by atoms with Crippen LogP contribution < -0.4 is 20.3 Å². The third-order valence-electron chi connectivity index (χ3n) is 6.61. The molecule has 1 amide bonds. The van der Waals surface area contributed by atoms with Gasteiger partial charge in [0.25, 0.3) is 5.91 Å². The Hall–Kier alpha value is -3.56. The Labute approximate surface area is 249 Å². The highest BCUT2D eigenvalue weighted by molar-refractivity contribution is 6.35. The number of aliphatic hydroxyl groups is 1. The summed E-state index contributed by atoms with van der Waals surface area (Å²) in [5, 5.41) is 9.81. The third-order valence-corrected chi connectivity index (χ3v) is 7.17. The van der Waals surface area contributed by atoms with E-state index < -0.39 is 17.6 Å². The van der Waals surface area contributed by atoms with Crippen LogP contribution in [0.4, 0.5) is 0 Å². The van der Waals surface area contributed by atoms with Crippen molar-refractivity contribution in [1.29, 1.82) is 0 Å². The first kappa shape index (κ1) is 30.4. The van der Waals surface area contributed by atoms with Crippen molar-refractivity contribution in [2.24, 2.45) is 4.99 Å². The zero-order chi connectivity index (χ0) is 29.2. The fourth-order valence-corrected chi connectivity index (χ4v) is 5.02. The highest BCUT2D eigenvalue weighted by atomic mass is 35.5. The molecule has 3 N–H and O–H groups in total. The van der Waals surface area contributed by atoms with E-state index in [2.05, 4.69) is 17.4 Å². The molecule has 216 valence electrons. The molecule has 1 aliphatic rings. The number of amides is 1. The van der Waals surface area contributed by atoms with E-state index in [0.717, 1.165) is 11.3 Å². The molecule has 0 aliphatic carbocycles. The minimum absolute atomic E-state index is 0.0562. The molecule has 8 nitrogen and oxygen atoms in total. The van der Waals surface area contributed by atoms with E-state index in [1.165, 1.54) is 0 Å². The van der Waals surface area contributed by atoms with Crippen molar-refractivity contribution in [2.45, 2.75) is 30.9 Å². The van der Waals surface area contributed by atoms with Gasteiger partial charge in [0.1, 0.15) is 11.5 Å². The van der Waals surface area contributed by atoms with E-state index in [1.54, 1.807) is 43.5 Å². The fraction of sp³-hybridized carbons (Fsp3) is 0.290. The Morgan fingerprint density at radius 2 is 1.95 bits per heavy atom. The van der Waals surface area contributed by atoms with Crippen LogP contribution in [0.25, 0.3) is 0 Å². The van der Waals surface area contributed by atoms with Crippen LogP contribution in [0.2, 0.25) is 10.0 Å². The lowest BCUT2D eigenvalue weighted by molar-refractivity contribution is -0.129. The zero-order valence-electron chi connectivity index (χ0n) is 22.7. The number of rotatable bonds is 14. The van der Waals surface area contributed by atoms with E-state index in [1.807, 2.05) is 36.4 Å². The van der Waals surface area contributed by atoms with Gasteiger partial charge in [-0.3, -0.25) is 10.2 Å². The highest BCUT2D eigenvalue weighted by Gasteiger charge is 2.53. The smallest absolute Gasteiger partial charge is 0.266 e. The van der Waals surface area contributed by atoms with Crippen molar-refractivity contribution in [2.75, 3.05) is 26.9 Å². The van der Waals surface area contributed by atoms with Gasteiger partial charge in [-0.25, -0.2) is 10.4 Å². The molecule has 0 unspecified atom stereocenters. The summed E-state index contributed by atoms with van der Waals surface area (Å²) in [4.78, 5) is 18.7. The Bertz CT molecular complexity index is 1380. The molecule has 3 aromatic carbocycles. The zero-order valence-corrected chi connectivity index (χ0v) is 24.3. The first-order chi connectivity index (χ1) is 19.9. The largest absolute Gasteiger partial charge is 0.497 e. The van der Waals surface area contributed by atoms with Crippen LogP contribution in [0.1, 0.15) is 35.6 Å². The molecule has 1 aliphatic heterocycles. The maximum absolute atomic E-state index is 13.9. The molecule has 0 aromatic heterocycles. The number of aliphatic hydroxyl groups excluding tert-OH is 1. The summed E-state index contributed by atoms with van der Waals surface area (Å²) >= 11 is 12.8. The number of nitrogens with zero attached hydrogens (tertiary/aromatic N) is 1. The van der Waals surface area contributed by atoms with Crippen LogP contribution in [0.5, 0.6) is 11.5 Å². The predicted octanol–water partition coefficient (Wildman–Crippen LogP) is 5.46. The molecule has 0 fully saturated rings. The Morgan fingerprint density at radius 3 is 2.66 bits per heavy atom. The monoisotopic (exact) mass is 597 g/mol. The molecule has 4 rings (SSSR count). The lowest BCUT2D eigenvalue weighted by atomic mass is 9.84. The van der Waals surface area contributed by atoms with Crippen molar-refractivity contribution in [3.63, 3.8) is 0 Å². The first-order valence-corrected chi connectivity index (χ1v) is 14.0. The molecule has 2 atom stereocenters. The van der Waals surface area contributed by atoms with Gasteiger partial charge in [0, 0.05) is 47.2 Å². The second-order valence-corrected chi connectivity index (χ2v) is 10.3. The maximum Gasteiger partial charge on any atom is 0.266 e. The Kier molecular flexibility index (Phi) is 10.7. The summed E-state index contributed by atoms with van der Waals surface area (Å²) in [5.74, 6) is 1.32. The molecule has 1 heterocycles. The highest BCUT2D eigenvalue weighted by Crippen LogP contribution is 2.45. The van der Waals surface area contributed by atoms with Gasteiger partial charge in [-0.15, -0.1) is 6.58 Å². The van der Waals surface area contributed by atoms with E-state index in [4.69, 9.17) is 47.5 Å². The molecule has 0 saturated carbocycles. The van der Waals surface area contributed by atoms with Crippen molar-refractivity contribution in [3.05, 3.63) is 106 Å². The van der Waals surface area contributed by atoms with Gasteiger partial charge < -0.3 is 19.3 Å². The molecular formula is C31H33Cl2N3O5. The lowest BCUT2D eigenvalue weighted by Gasteiger charge is -2.30. The third kappa shape index (κ3) is 7.40. The molecule has 41 heavy (non-hydrogen) atoms. The minimum atomic E-state index is -1.40. The lowest BCUT2D eigenvalue weighted by Crippen LogP contribution is -2.52. The van der Waals surface area contributed by atoms with Crippen LogP contribution in [0.15, 0.2) is 84.4 Å². The molecule has 3 aromatic rings. The predicted molar refractivity (Wildman–Crippen MR) is 161 cm³/mol. The summed E-state index contributed by atoms with van der Waals surface area (Å²) in [7, 11) is 1.62. The first-order valence-electron chi connectivity index (χ1n) is 13.2. The second-order valence-electron chi connectivity index (χ2n) is 9.43.